The second-order valence-corrected chi connectivity index (χ2v) is 6.65. The largest absolute Gasteiger partial charge is 0.460 e. The van der Waals surface area contributed by atoms with Gasteiger partial charge in [-0.3, -0.25) is 14.5 Å². The molecule has 0 bridgehead atoms. The van der Waals surface area contributed by atoms with E-state index in [2.05, 4.69) is 0 Å². The first kappa shape index (κ1) is 22.2. The highest BCUT2D eigenvalue weighted by molar-refractivity contribution is 6.13. The number of imide groups is 1. The number of methoxy groups -OCH3 is 1. The first-order chi connectivity index (χ1) is 14.7. The molecule has 2 atom stereocenters. The van der Waals surface area contributed by atoms with Gasteiger partial charge in [0.15, 0.2) is 0 Å². The summed E-state index contributed by atoms with van der Waals surface area (Å²) in [6, 6.07) is 13.3. The first-order valence-electron chi connectivity index (χ1n) is 9.17. The van der Waals surface area contributed by atoms with Crippen LogP contribution in [-0.2, 0) is 29.5 Å². The van der Waals surface area contributed by atoms with Gasteiger partial charge in [0.1, 0.15) is 6.61 Å². The summed E-state index contributed by atoms with van der Waals surface area (Å²) in [5.41, 5.74) is -3.41. The molecule has 1 aliphatic rings. The fraction of sp³-hybridized carbons (Fsp3) is 0.227. The fourth-order valence-corrected chi connectivity index (χ4v) is 3.36. The van der Waals surface area contributed by atoms with Gasteiger partial charge < -0.3 is 9.47 Å². The molecule has 0 spiro atoms. The number of hydrogen-bond donors (Lipinski definition) is 0. The van der Waals surface area contributed by atoms with E-state index in [1.807, 2.05) is 0 Å². The molecule has 3 rings (SSSR count). The van der Waals surface area contributed by atoms with Crippen molar-refractivity contribution in [1.82, 2.24) is 4.90 Å². The molecule has 1 unspecified atom stereocenters. The summed E-state index contributed by atoms with van der Waals surface area (Å²) in [5.74, 6) is -3.03. The summed E-state index contributed by atoms with van der Waals surface area (Å²) < 4.78 is 51.8. The number of hydrogen-bond acceptors (Lipinski definition) is 5. The van der Waals surface area contributed by atoms with Crippen molar-refractivity contribution < 1.29 is 37.0 Å². The van der Waals surface area contributed by atoms with Crippen LogP contribution in [0.4, 0.5) is 13.2 Å². The molecular weight excluding hydrogens is 415 g/mol. The third-order valence-electron chi connectivity index (χ3n) is 4.88. The van der Waals surface area contributed by atoms with Gasteiger partial charge in [0.2, 0.25) is 0 Å². The van der Waals surface area contributed by atoms with Crippen LogP contribution in [0, 0.1) is 0 Å². The van der Waals surface area contributed by atoms with Crippen molar-refractivity contribution in [3.05, 3.63) is 83.9 Å². The van der Waals surface area contributed by atoms with E-state index in [0.717, 1.165) is 36.3 Å². The summed E-state index contributed by atoms with van der Waals surface area (Å²) in [5, 5.41) is 0. The second kappa shape index (κ2) is 8.73. The molecule has 6 nitrogen and oxygen atoms in total. The van der Waals surface area contributed by atoms with Gasteiger partial charge in [-0.05, 0) is 5.56 Å². The lowest BCUT2D eigenvalue weighted by Crippen LogP contribution is -2.52. The lowest BCUT2D eigenvalue weighted by atomic mass is 9.92. The van der Waals surface area contributed by atoms with Gasteiger partial charge in [-0.25, -0.2) is 4.79 Å². The van der Waals surface area contributed by atoms with Crippen LogP contribution in [0.5, 0.6) is 0 Å². The predicted octanol–water partition coefficient (Wildman–Crippen LogP) is 3.30. The Bertz CT molecular complexity index is 973. The minimum Gasteiger partial charge on any atom is -0.460 e. The van der Waals surface area contributed by atoms with Crippen molar-refractivity contribution in [3.63, 3.8) is 0 Å². The topological polar surface area (TPSA) is 72.9 Å². The molecule has 1 aliphatic heterocycles. The predicted molar refractivity (Wildman–Crippen MR) is 102 cm³/mol. The zero-order chi connectivity index (χ0) is 22.6. The van der Waals surface area contributed by atoms with E-state index in [1.165, 1.54) is 18.2 Å². The van der Waals surface area contributed by atoms with Gasteiger partial charge in [-0.15, -0.1) is 0 Å². The molecular formula is C22H18F3NO5. The molecule has 0 radical (unpaired) electrons. The molecule has 2 aromatic rings. The number of carbonyl (C=O) groups excluding carboxylic acids is 3. The van der Waals surface area contributed by atoms with Crippen molar-refractivity contribution in [2.24, 2.45) is 0 Å². The Balaban J connectivity index is 1.94. The van der Waals surface area contributed by atoms with Gasteiger partial charge in [0.05, 0.1) is 6.04 Å². The van der Waals surface area contributed by atoms with Crippen LogP contribution in [0.2, 0.25) is 0 Å². The Labute approximate surface area is 175 Å². The van der Waals surface area contributed by atoms with E-state index >= 15 is 0 Å². The molecule has 0 fully saturated rings. The Morgan fingerprint density at radius 3 is 1.94 bits per heavy atom. The van der Waals surface area contributed by atoms with Crippen LogP contribution in [0.1, 0.15) is 17.2 Å². The fourth-order valence-electron chi connectivity index (χ4n) is 3.36. The van der Waals surface area contributed by atoms with Gasteiger partial charge in [-0.2, -0.15) is 13.2 Å². The maximum absolute atomic E-state index is 14.0. The van der Waals surface area contributed by atoms with Crippen molar-refractivity contribution in [2.45, 2.75) is 17.8 Å². The monoisotopic (exact) mass is 433 g/mol. The number of alkyl halides is 3. The number of nitrogens with zero attached hydrogens (tertiary/aromatic N) is 1. The van der Waals surface area contributed by atoms with E-state index in [9.17, 15) is 27.6 Å². The van der Waals surface area contributed by atoms with Crippen LogP contribution in [0.15, 0.2) is 72.8 Å². The molecule has 31 heavy (non-hydrogen) atoms. The SMILES string of the molecule is COC(C(=O)OC[C@H](c1ccccc1)N1C(=O)C=CC1=O)(c1ccccc1)C(F)(F)F. The maximum atomic E-state index is 14.0. The number of rotatable bonds is 7. The average molecular weight is 433 g/mol. The normalized spacial score (nSPS) is 16.8. The molecule has 0 saturated carbocycles. The van der Waals surface area contributed by atoms with Gasteiger partial charge in [0.25, 0.3) is 17.4 Å². The van der Waals surface area contributed by atoms with E-state index in [1.54, 1.807) is 30.3 Å². The summed E-state index contributed by atoms with van der Waals surface area (Å²) >= 11 is 0. The number of amides is 2. The lowest BCUT2D eigenvalue weighted by molar-refractivity contribution is -0.276. The second-order valence-electron chi connectivity index (χ2n) is 6.65. The van der Waals surface area contributed by atoms with Gasteiger partial charge >= 0.3 is 12.1 Å². The smallest absolute Gasteiger partial charge is 0.432 e. The maximum Gasteiger partial charge on any atom is 0.432 e. The molecule has 2 aromatic carbocycles. The highest BCUT2D eigenvalue weighted by atomic mass is 19.4. The van der Waals surface area contributed by atoms with Gasteiger partial charge in [-0.1, -0.05) is 60.7 Å². The molecule has 162 valence electrons. The highest BCUT2D eigenvalue weighted by Crippen LogP contribution is 2.43. The Hall–Kier alpha value is -3.46. The zero-order valence-electron chi connectivity index (χ0n) is 16.3. The van der Waals surface area contributed by atoms with Crippen molar-refractivity contribution in [1.29, 1.82) is 0 Å². The van der Waals surface area contributed by atoms with Crippen LogP contribution in [0.3, 0.4) is 0 Å². The van der Waals surface area contributed by atoms with E-state index in [-0.39, 0.29) is 0 Å². The number of esters is 1. The Morgan fingerprint density at radius 2 is 1.45 bits per heavy atom. The van der Waals surface area contributed by atoms with E-state index < -0.39 is 47.8 Å². The number of ether oxygens (including phenoxy) is 2. The van der Waals surface area contributed by atoms with Crippen molar-refractivity contribution >= 4 is 17.8 Å². The quantitative estimate of drug-likeness (QED) is 0.495. The average Bonchev–Trinajstić information content (AvgIpc) is 3.08. The molecule has 0 saturated heterocycles. The summed E-state index contributed by atoms with van der Waals surface area (Å²) in [6.45, 7) is -0.684. The molecule has 0 N–H and O–H groups in total. The number of carbonyl (C=O) groups is 3. The van der Waals surface area contributed by atoms with E-state index in [0.29, 0.717) is 5.56 Å². The first-order valence-corrected chi connectivity index (χ1v) is 9.17. The van der Waals surface area contributed by atoms with Crippen molar-refractivity contribution in [2.75, 3.05) is 13.7 Å². The molecule has 0 aromatic heterocycles. The van der Waals surface area contributed by atoms with Crippen molar-refractivity contribution in [3.8, 4) is 0 Å². The van der Waals surface area contributed by atoms with E-state index in [4.69, 9.17) is 9.47 Å². The van der Waals surface area contributed by atoms with Crippen LogP contribution in [0.25, 0.3) is 0 Å². The van der Waals surface area contributed by atoms with Crippen LogP contribution >= 0.6 is 0 Å². The van der Waals surface area contributed by atoms with Gasteiger partial charge in [0, 0.05) is 24.8 Å². The summed E-state index contributed by atoms with van der Waals surface area (Å²) in [6.07, 6.45) is -3.05. The Kier molecular flexibility index (Phi) is 6.26. The number of benzene rings is 2. The summed E-state index contributed by atoms with van der Waals surface area (Å²) in [7, 11) is 0.758. The standard InChI is InChI=1S/C22H18F3NO5/c1-30-21(22(23,24)25,16-10-6-3-7-11-16)20(29)31-14-17(15-8-4-2-5-9-15)26-18(27)12-13-19(26)28/h2-13,17H,14H2,1H3/t17-,21?/m1/s1. The molecule has 2 amide bonds. The molecule has 9 heteroatoms. The third-order valence-corrected chi connectivity index (χ3v) is 4.88. The lowest BCUT2D eigenvalue weighted by Gasteiger charge is -2.33. The zero-order valence-corrected chi connectivity index (χ0v) is 16.3. The molecule has 0 aliphatic carbocycles. The third kappa shape index (κ3) is 4.09. The van der Waals surface area contributed by atoms with Crippen LogP contribution in [-0.4, -0.2) is 42.6 Å². The summed E-state index contributed by atoms with van der Waals surface area (Å²) in [4.78, 5) is 37.9. The van der Waals surface area contributed by atoms with Crippen LogP contribution < -0.4 is 0 Å². The highest BCUT2D eigenvalue weighted by Gasteiger charge is 2.64. The minimum absolute atomic E-state index is 0.412. The number of halogens is 3. The Morgan fingerprint density at radius 1 is 0.935 bits per heavy atom. The minimum atomic E-state index is -5.14. The molecule has 1 heterocycles.